The normalized spacial score (nSPS) is 15.5. The van der Waals surface area contributed by atoms with Crippen molar-refractivity contribution < 1.29 is 14.1 Å². The monoisotopic (exact) mass is 462 g/mol. The molecule has 1 unspecified atom stereocenters. The molecule has 10 heteroatoms. The van der Waals surface area contributed by atoms with E-state index in [4.69, 9.17) is 5.14 Å². The number of aromatic nitrogens is 1. The summed E-state index contributed by atoms with van der Waals surface area (Å²) in [7, 11) is -3.44. The number of nitrogens with zero attached hydrogens (tertiary/aromatic N) is 2. The number of urea groups is 1. The van der Waals surface area contributed by atoms with Gasteiger partial charge in [-0.05, 0) is 61.2 Å². The number of benzene rings is 1. The second kappa shape index (κ2) is 7.86. The fourth-order valence-corrected chi connectivity index (χ4v) is 6.39. The standard InChI is InChI=1S/C20H22N4O3S3/c1-20(2,26)13-8-17(28-10-13)30(21,27)24-19(25)23-18-14-5-3-4-12(14)6-7-15(18)16-9-22-11-29-16/h6-11,26H,3-5H2,1-2H3,(H3,21,23,24,25,27). The van der Waals surface area contributed by atoms with Crippen molar-refractivity contribution >= 4 is 44.3 Å². The molecule has 0 fully saturated rings. The van der Waals surface area contributed by atoms with Gasteiger partial charge in [0.15, 0.2) is 9.92 Å². The number of nitrogens with two attached hydrogens (primary N) is 1. The average molecular weight is 463 g/mol. The van der Waals surface area contributed by atoms with E-state index >= 15 is 0 Å². The van der Waals surface area contributed by atoms with Crippen molar-refractivity contribution in [2.24, 2.45) is 9.50 Å². The molecule has 158 valence electrons. The lowest BCUT2D eigenvalue weighted by Crippen LogP contribution is -2.18. The summed E-state index contributed by atoms with van der Waals surface area (Å²) in [5, 5.41) is 20.5. The zero-order chi connectivity index (χ0) is 21.5. The van der Waals surface area contributed by atoms with Crippen molar-refractivity contribution in [2.45, 2.75) is 42.9 Å². The number of nitrogens with one attached hydrogen (secondary N) is 1. The number of amides is 2. The number of thiophene rings is 1. The first-order valence-electron chi connectivity index (χ1n) is 9.36. The van der Waals surface area contributed by atoms with Gasteiger partial charge in [0.05, 0.1) is 21.7 Å². The molecule has 2 aromatic heterocycles. The van der Waals surface area contributed by atoms with Gasteiger partial charge in [-0.15, -0.1) is 27.0 Å². The van der Waals surface area contributed by atoms with Gasteiger partial charge < -0.3 is 10.4 Å². The van der Waals surface area contributed by atoms with Crippen LogP contribution in [0.4, 0.5) is 10.5 Å². The first-order chi connectivity index (χ1) is 14.1. The quantitative estimate of drug-likeness (QED) is 0.528. The summed E-state index contributed by atoms with van der Waals surface area (Å²) in [6.45, 7) is 3.25. The number of aryl methyl sites for hydroxylation is 1. The minimum absolute atomic E-state index is 0.246. The Morgan fingerprint density at radius 2 is 2.13 bits per heavy atom. The van der Waals surface area contributed by atoms with Crippen LogP contribution >= 0.6 is 22.7 Å². The van der Waals surface area contributed by atoms with Crippen molar-refractivity contribution in [1.82, 2.24) is 4.98 Å². The molecule has 0 aliphatic heterocycles. The number of hydrogen-bond acceptors (Lipinski definition) is 6. The molecule has 0 radical (unpaired) electrons. The van der Waals surface area contributed by atoms with Gasteiger partial charge in [0.2, 0.25) is 0 Å². The molecular weight excluding hydrogens is 440 g/mol. The third-order valence-corrected chi connectivity index (χ3v) is 8.67. The molecular formula is C20H22N4O3S3. The van der Waals surface area contributed by atoms with E-state index in [1.54, 1.807) is 30.9 Å². The highest BCUT2D eigenvalue weighted by molar-refractivity contribution is 7.93. The third kappa shape index (κ3) is 4.19. The molecule has 0 spiro atoms. The molecule has 7 nitrogen and oxygen atoms in total. The maximum atomic E-state index is 12.9. The van der Waals surface area contributed by atoms with Gasteiger partial charge >= 0.3 is 6.03 Å². The Bertz CT molecular complexity index is 1220. The number of rotatable bonds is 4. The SMILES string of the molecule is CC(C)(O)c1csc(S(N)(=O)=NC(=O)Nc2c(-c3cncs3)ccc3c2CCC3)c1. The number of carbonyl (C=O) groups excluding carboxylic acids is 1. The molecule has 1 aliphatic carbocycles. The number of thiazole rings is 1. The van der Waals surface area contributed by atoms with Crippen LogP contribution in [0.3, 0.4) is 0 Å². The van der Waals surface area contributed by atoms with E-state index in [0.717, 1.165) is 46.6 Å². The molecule has 0 saturated heterocycles. The number of fused-ring (bicyclic) bond motifs is 1. The van der Waals surface area contributed by atoms with Crippen molar-refractivity contribution in [3.63, 3.8) is 0 Å². The number of carbonyl (C=O) groups is 1. The fourth-order valence-electron chi connectivity index (χ4n) is 3.45. The molecule has 0 saturated carbocycles. The van der Waals surface area contributed by atoms with Gasteiger partial charge in [-0.1, -0.05) is 12.1 Å². The summed E-state index contributed by atoms with van der Waals surface area (Å²) in [5.74, 6) is 0. The zero-order valence-electron chi connectivity index (χ0n) is 16.5. The first kappa shape index (κ1) is 21.1. The summed E-state index contributed by atoms with van der Waals surface area (Å²) in [6, 6.07) is 4.83. The second-order valence-electron chi connectivity index (χ2n) is 7.65. The lowest BCUT2D eigenvalue weighted by molar-refractivity contribution is 0.0789. The van der Waals surface area contributed by atoms with Crippen LogP contribution in [-0.2, 0) is 28.4 Å². The molecule has 1 atom stereocenters. The summed E-state index contributed by atoms with van der Waals surface area (Å²) in [5.41, 5.74) is 5.04. The molecule has 2 amide bonds. The van der Waals surface area contributed by atoms with Gasteiger partial charge in [0.1, 0.15) is 4.21 Å². The molecule has 2 heterocycles. The predicted molar refractivity (Wildman–Crippen MR) is 121 cm³/mol. The van der Waals surface area contributed by atoms with E-state index in [0.29, 0.717) is 11.3 Å². The van der Waals surface area contributed by atoms with Crippen molar-refractivity contribution in [1.29, 1.82) is 0 Å². The van der Waals surface area contributed by atoms with Gasteiger partial charge in [0, 0.05) is 11.8 Å². The Balaban J connectivity index is 1.68. The lowest BCUT2D eigenvalue weighted by Gasteiger charge is -2.14. The van der Waals surface area contributed by atoms with Crippen LogP contribution in [0, 0.1) is 0 Å². The highest BCUT2D eigenvalue weighted by Crippen LogP contribution is 2.39. The van der Waals surface area contributed by atoms with Crippen LogP contribution in [-0.4, -0.2) is 20.3 Å². The Morgan fingerprint density at radius 1 is 1.33 bits per heavy atom. The first-order valence-corrected chi connectivity index (χ1v) is 12.7. The number of aliphatic hydroxyl groups is 1. The Kier molecular flexibility index (Phi) is 5.54. The highest BCUT2D eigenvalue weighted by atomic mass is 32.2. The second-order valence-corrected chi connectivity index (χ2v) is 11.5. The minimum Gasteiger partial charge on any atom is -0.386 e. The van der Waals surface area contributed by atoms with Crippen LogP contribution in [0.5, 0.6) is 0 Å². The highest BCUT2D eigenvalue weighted by Gasteiger charge is 2.23. The van der Waals surface area contributed by atoms with Crippen LogP contribution < -0.4 is 10.5 Å². The van der Waals surface area contributed by atoms with E-state index in [1.807, 2.05) is 6.07 Å². The number of anilines is 1. The van der Waals surface area contributed by atoms with E-state index in [1.165, 1.54) is 23.0 Å². The van der Waals surface area contributed by atoms with E-state index in [2.05, 4.69) is 20.7 Å². The Morgan fingerprint density at radius 3 is 2.80 bits per heavy atom. The Hall–Kier alpha value is -2.11. The molecule has 0 bridgehead atoms. The van der Waals surface area contributed by atoms with Crippen molar-refractivity contribution in [3.8, 4) is 10.4 Å². The zero-order valence-corrected chi connectivity index (χ0v) is 19.0. The third-order valence-electron chi connectivity index (χ3n) is 5.00. The molecule has 30 heavy (non-hydrogen) atoms. The van der Waals surface area contributed by atoms with Gasteiger partial charge in [-0.2, -0.15) is 0 Å². The van der Waals surface area contributed by atoms with E-state index < -0.39 is 21.5 Å². The summed E-state index contributed by atoms with van der Waals surface area (Å²) >= 11 is 2.59. The predicted octanol–water partition coefficient (Wildman–Crippen LogP) is 4.52. The topological polar surface area (TPSA) is 118 Å². The van der Waals surface area contributed by atoms with E-state index in [9.17, 15) is 14.1 Å². The number of hydrogen-bond donors (Lipinski definition) is 3. The molecule has 4 N–H and O–H groups in total. The maximum Gasteiger partial charge on any atom is 0.354 e. The fraction of sp³-hybridized carbons (Fsp3) is 0.300. The Labute approximate surface area is 183 Å². The summed E-state index contributed by atoms with van der Waals surface area (Å²) in [4.78, 5) is 17.8. The molecule has 3 aromatic rings. The average Bonchev–Trinajstić information content (AvgIpc) is 3.41. The van der Waals surface area contributed by atoms with Gasteiger partial charge in [-0.3, -0.25) is 4.98 Å². The summed E-state index contributed by atoms with van der Waals surface area (Å²) in [6.07, 6.45) is 4.59. The minimum atomic E-state index is -3.44. The lowest BCUT2D eigenvalue weighted by atomic mass is 10.0. The smallest absolute Gasteiger partial charge is 0.354 e. The van der Waals surface area contributed by atoms with Crippen LogP contribution in [0.25, 0.3) is 10.4 Å². The van der Waals surface area contributed by atoms with Crippen LogP contribution in [0.2, 0.25) is 0 Å². The largest absolute Gasteiger partial charge is 0.386 e. The van der Waals surface area contributed by atoms with Crippen molar-refractivity contribution in [2.75, 3.05) is 5.32 Å². The molecule has 1 aliphatic rings. The maximum absolute atomic E-state index is 12.9. The van der Waals surface area contributed by atoms with Crippen LogP contribution in [0.15, 0.2) is 43.9 Å². The summed E-state index contributed by atoms with van der Waals surface area (Å²) < 4.78 is 17.0. The van der Waals surface area contributed by atoms with Gasteiger partial charge in [-0.25, -0.2) is 14.1 Å². The van der Waals surface area contributed by atoms with Crippen molar-refractivity contribution in [3.05, 3.63) is 52.0 Å². The molecule has 4 rings (SSSR count). The van der Waals surface area contributed by atoms with Crippen LogP contribution in [0.1, 0.15) is 37.0 Å². The molecule has 1 aromatic carbocycles. The van der Waals surface area contributed by atoms with E-state index in [-0.39, 0.29) is 4.21 Å². The van der Waals surface area contributed by atoms with Gasteiger partial charge in [0.25, 0.3) is 0 Å².